The van der Waals surface area contributed by atoms with Gasteiger partial charge in [-0.25, -0.2) is 4.68 Å². The summed E-state index contributed by atoms with van der Waals surface area (Å²) in [6.07, 6.45) is 1.95. The van der Waals surface area contributed by atoms with Gasteiger partial charge in [0.25, 0.3) is 0 Å². The fourth-order valence-electron chi connectivity index (χ4n) is 3.23. The van der Waals surface area contributed by atoms with E-state index in [1.165, 1.54) is 0 Å². The number of para-hydroxylation sites is 1. The van der Waals surface area contributed by atoms with E-state index in [9.17, 15) is 4.79 Å². The predicted molar refractivity (Wildman–Crippen MR) is 114 cm³/mol. The third-order valence-corrected chi connectivity index (χ3v) is 5.93. The molecule has 1 aromatic heterocycles. The zero-order chi connectivity index (χ0) is 19.3. The van der Waals surface area contributed by atoms with Crippen LogP contribution in [0.2, 0.25) is 0 Å². The SMILES string of the molecule is CCCC(Sc1ccccc1C(=O)c1ccccc1)n1nnc2ccccc21. The molecule has 5 heteroatoms. The van der Waals surface area contributed by atoms with Crippen LogP contribution in [0.4, 0.5) is 0 Å². The first kappa shape index (κ1) is 18.4. The Morgan fingerprint density at radius 3 is 2.50 bits per heavy atom. The van der Waals surface area contributed by atoms with E-state index >= 15 is 0 Å². The first-order valence-electron chi connectivity index (χ1n) is 9.43. The molecule has 1 unspecified atom stereocenters. The summed E-state index contributed by atoms with van der Waals surface area (Å²) in [6.45, 7) is 2.16. The molecule has 1 atom stereocenters. The van der Waals surface area contributed by atoms with Crippen molar-refractivity contribution >= 4 is 28.6 Å². The minimum Gasteiger partial charge on any atom is -0.289 e. The molecular formula is C23H21N3OS. The maximum absolute atomic E-state index is 13.1. The Balaban J connectivity index is 1.70. The van der Waals surface area contributed by atoms with Gasteiger partial charge in [0.2, 0.25) is 0 Å². The summed E-state index contributed by atoms with van der Waals surface area (Å²) < 4.78 is 1.98. The van der Waals surface area contributed by atoms with Crippen molar-refractivity contribution in [1.29, 1.82) is 0 Å². The first-order chi connectivity index (χ1) is 13.8. The Morgan fingerprint density at radius 1 is 0.964 bits per heavy atom. The highest BCUT2D eigenvalue weighted by molar-refractivity contribution is 7.99. The van der Waals surface area contributed by atoms with Gasteiger partial charge in [0.1, 0.15) is 10.9 Å². The topological polar surface area (TPSA) is 47.8 Å². The third-order valence-electron chi connectivity index (χ3n) is 4.62. The fraction of sp³-hybridized carbons (Fsp3) is 0.174. The van der Waals surface area contributed by atoms with Crippen LogP contribution in [0.1, 0.15) is 41.1 Å². The van der Waals surface area contributed by atoms with Gasteiger partial charge in [-0.15, -0.1) is 5.10 Å². The van der Waals surface area contributed by atoms with Crippen LogP contribution in [-0.2, 0) is 0 Å². The van der Waals surface area contributed by atoms with E-state index in [1.807, 2.05) is 83.5 Å². The lowest BCUT2D eigenvalue weighted by molar-refractivity contribution is 0.103. The summed E-state index contributed by atoms with van der Waals surface area (Å²) in [4.78, 5) is 14.0. The molecule has 0 aliphatic heterocycles. The minimum absolute atomic E-state index is 0.0439. The van der Waals surface area contributed by atoms with Gasteiger partial charge in [-0.3, -0.25) is 4.79 Å². The molecule has 1 heterocycles. The van der Waals surface area contributed by atoms with Gasteiger partial charge in [0.05, 0.1) is 5.52 Å². The fourth-order valence-corrected chi connectivity index (χ4v) is 4.57. The van der Waals surface area contributed by atoms with E-state index < -0.39 is 0 Å². The van der Waals surface area contributed by atoms with Gasteiger partial charge in [-0.1, -0.05) is 84.9 Å². The number of rotatable bonds is 7. The van der Waals surface area contributed by atoms with Crippen LogP contribution in [0.15, 0.2) is 83.8 Å². The molecule has 3 aromatic carbocycles. The molecule has 0 aliphatic carbocycles. The van der Waals surface area contributed by atoms with Crippen molar-refractivity contribution in [3.05, 3.63) is 90.0 Å². The van der Waals surface area contributed by atoms with Gasteiger partial charge >= 0.3 is 0 Å². The van der Waals surface area contributed by atoms with Crippen LogP contribution in [0.25, 0.3) is 11.0 Å². The average Bonchev–Trinajstić information content (AvgIpc) is 3.18. The standard InChI is InChI=1S/C23H21N3OS/c1-2-10-22(26-20-15-8-7-14-19(20)24-25-26)28-21-16-9-6-13-18(21)23(27)17-11-4-3-5-12-17/h3-9,11-16,22H,2,10H2,1H3. The molecule has 0 saturated carbocycles. The van der Waals surface area contributed by atoms with Gasteiger partial charge < -0.3 is 0 Å². The second-order valence-electron chi connectivity index (χ2n) is 6.58. The number of thioether (sulfide) groups is 1. The van der Waals surface area contributed by atoms with Crippen molar-refractivity contribution in [1.82, 2.24) is 15.0 Å². The molecule has 4 rings (SSSR count). The van der Waals surface area contributed by atoms with Crippen LogP contribution < -0.4 is 0 Å². The summed E-state index contributed by atoms with van der Waals surface area (Å²) in [5, 5.41) is 8.78. The molecule has 0 radical (unpaired) electrons. The predicted octanol–water partition coefficient (Wildman–Crippen LogP) is 5.75. The zero-order valence-corrected chi connectivity index (χ0v) is 16.5. The summed E-state index contributed by atoms with van der Waals surface area (Å²) >= 11 is 1.68. The third kappa shape index (κ3) is 3.71. The van der Waals surface area contributed by atoms with Crippen LogP contribution in [0.5, 0.6) is 0 Å². The molecule has 4 aromatic rings. The van der Waals surface area contributed by atoms with E-state index in [4.69, 9.17) is 0 Å². The number of fused-ring (bicyclic) bond motifs is 1. The van der Waals surface area contributed by atoms with E-state index in [0.29, 0.717) is 5.56 Å². The summed E-state index contributed by atoms with van der Waals surface area (Å²) in [5.41, 5.74) is 3.33. The normalized spacial score (nSPS) is 12.2. The van der Waals surface area contributed by atoms with E-state index in [2.05, 4.69) is 17.2 Å². The number of benzene rings is 3. The van der Waals surface area contributed by atoms with Crippen molar-refractivity contribution in [3.8, 4) is 0 Å². The summed E-state index contributed by atoms with van der Waals surface area (Å²) in [5.74, 6) is 0.0439. The average molecular weight is 388 g/mol. The summed E-state index contributed by atoms with van der Waals surface area (Å²) in [7, 11) is 0. The van der Waals surface area contributed by atoms with Crippen LogP contribution in [-0.4, -0.2) is 20.8 Å². The van der Waals surface area contributed by atoms with E-state index in [1.54, 1.807) is 11.8 Å². The van der Waals surface area contributed by atoms with Crippen molar-refractivity contribution in [3.63, 3.8) is 0 Å². The minimum atomic E-state index is 0.0439. The maximum atomic E-state index is 13.1. The number of aromatic nitrogens is 3. The van der Waals surface area contributed by atoms with Crippen molar-refractivity contribution in [2.75, 3.05) is 0 Å². The number of hydrogen-bond acceptors (Lipinski definition) is 4. The van der Waals surface area contributed by atoms with E-state index in [0.717, 1.165) is 34.3 Å². The van der Waals surface area contributed by atoms with Crippen LogP contribution in [0.3, 0.4) is 0 Å². The summed E-state index contributed by atoms with van der Waals surface area (Å²) in [6, 6.07) is 25.2. The Bertz CT molecular complexity index is 1090. The number of hydrogen-bond donors (Lipinski definition) is 0. The molecule has 4 nitrogen and oxygen atoms in total. The van der Waals surface area contributed by atoms with Gasteiger partial charge in [0, 0.05) is 16.0 Å². The Hall–Kier alpha value is -2.92. The van der Waals surface area contributed by atoms with Crippen molar-refractivity contribution in [2.24, 2.45) is 0 Å². The number of carbonyl (C=O) groups is 1. The molecule has 0 aliphatic rings. The highest BCUT2D eigenvalue weighted by Gasteiger charge is 2.20. The number of ketones is 1. The molecule has 0 fully saturated rings. The Labute approximate surface area is 168 Å². The lowest BCUT2D eigenvalue weighted by Crippen LogP contribution is -2.09. The smallest absolute Gasteiger partial charge is 0.194 e. The second-order valence-corrected chi connectivity index (χ2v) is 7.79. The quantitative estimate of drug-likeness (QED) is 0.299. The first-order valence-corrected chi connectivity index (χ1v) is 10.3. The molecule has 0 amide bonds. The van der Waals surface area contributed by atoms with Crippen LogP contribution in [0, 0.1) is 0 Å². The molecule has 140 valence electrons. The Kier molecular flexibility index (Phi) is 5.53. The van der Waals surface area contributed by atoms with Gasteiger partial charge in [-0.2, -0.15) is 0 Å². The lowest BCUT2D eigenvalue weighted by Gasteiger charge is -2.18. The largest absolute Gasteiger partial charge is 0.289 e. The second kappa shape index (κ2) is 8.40. The monoisotopic (exact) mass is 387 g/mol. The molecule has 0 saturated heterocycles. The van der Waals surface area contributed by atoms with Gasteiger partial charge in [0.15, 0.2) is 5.78 Å². The Morgan fingerprint density at radius 2 is 1.68 bits per heavy atom. The molecule has 0 spiro atoms. The van der Waals surface area contributed by atoms with Gasteiger partial charge in [-0.05, 0) is 30.7 Å². The van der Waals surface area contributed by atoms with E-state index in [-0.39, 0.29) is 11.2 Å². The number of carbonyl (C=O) groups excluding carboxylic acids is 1. The highest BCUT2D eigenvalue weighted by atomic mass is 32.2. The molecule has 28 heavy (non-hydrogen) atoms. The highest BCUT2D eigenvalue weighted by Crippen LogP contribution is 2.38. The van der Waals surface area contributed by atoms with Crippen molar-refractivity contribution < 1.29 is 4.79 Å². The lowest BCUT2D eigenvalue weighted by atomic mass is 10.0. The number of nitrogens with zero attached hydrogens (tertiary/aromatic N) is 3. The molecule has 0 N–H and O–H groups in total. The molecular weight excluding hydrogens is 366 g/mol. The molecule has 0 bridgehead atoms. The zero-order valence-electron chi connectivity index (χ0n) is 15.7. The van der Waals surface area contributed by atoms with Crippen LogP contribution >= 0.6 is 11.8 Å². The van der Waals surface area contributed by atoms with Crippen molar-refractivity contribution in [2.45, 2.75) is 30.0 Å². The maximum Gasteiger partial charge on any atom is 0.194 e.